The summed E-state index contributed by atoms with van der Waals surface area (Å²) in [5, 5.41) is 3.11. The number of halogens is 1. The van der Waals surface area contributed by atoms with E-state index < -0.39 is 32.1 Å². The van der Waals surface area contributed by atoms with Gasteiger partial charge in [-0.2, -0.15) is 4.31 Å². The summed E-state index contributed by atoms with van der Waals surface area (Å²) in [6, 6.07) is 18.3. The molecule has 1 atom stereocenters. The Bertz CT molecular complexity index is 1540. The number of sulfonamides is 2. The molecule has 38 heavy (non-hydrogen) atoms. The van der Waals surface area contributed by atoms with Gasteiger partial charge in [0.05, 0.1) is 22.0 Å². The number of carbonyl (C=O) groups excluding carboxylic acids is 1. The normalized spacial score (nSPS) is 18.3. The number of nitrogens with zero attached hydrogens (tertiary/aromatic N) is 2. The van der Waals surface area contributed by atoms with Crippen LogP contribution in [0.2, 0.25) is 5.02 Å². The van der Waals surface area contributed by atoms with Crippen LogP contribution in [0.4, 0.5) is 11.4 Å². The van der Waals surface area contributed by atoms with Crippen molar-refractivity contribution in [2.24, 2.45) is 0 Å². The lowest BCUT2D eigenvalue weighted by Crippen LogP contribution is -2.48. The van der Waals surface area contributed by atoms with Crippen LogP contribution in [0.5, 0.6) is 5.75 Å². The van der Waals surface area contributed by atoms with Crippen LogP contribution in [-0.2, 0) is 24.8 Å². The summed E-state index contributed by atoms with van der Waals surface area (Å²) in [5.41, 5.74) is 0.681. The van der Waals surface area contributed by atoms with Gasteiger partial charge in [0.25, 0.3) is 15.9 Å². The quantitative estimate of drug-likeness (QED) is 0.473. The largest absolute Gasteiger partial charge is 0.476 e. The third-order valence-corrected chi connectivity index (χ3v) is 10.5. The lowest BCUT2D eigenvalue weighted by atomic mass is 10.2. The average molecular weight is 576 g/mol. The molecule has 3 aromatic carbocycles. The van der Waals surface area contributed by atoms with E-state index in [1.54, 1.807) is 24.3 Å². The number of fused-ring (bicyclic) bond motifs is 1. The molecule has 0 unspecified atom stereocenters. The number of piperidine rings is 1. The van der Waals surface area contributed by atoms with Gasteiger partial charge in [0, 0.05) is 23.8 Å². The zero-order valence-electron chi connectivity index (χ0n) is 20.3. The first-order valence-electron chi connectivity index (χ1n) is 12.1. The van der Waals surface area contributed by atoms with Crippen LogP contribution in [-0.4, -0.2) is 52.8 Å². The predicted molar refractivity (Wildman–Crippen MR) is 145 cm³/mol. The Balaban J connectivity index is 1.35. The summed E-state index contributed by atoms with van der Waals surface area (Å²) in [5.74, 6) is -0.318. The average Bonchev–Trinajstić information content (AvgIpc) is 2.93. The highest BCUT2D eigenvalue weighted by atomic mass is 35.5. The number of ether oxygens (including phenoxy) is 1. The second-order valence-corrected chi connectivity index (χ2v) is 13.3. The summed E-state index contributed by atoms with van der Waals surface area (Å²) in [6.07, 6.45) is 1.54. The smallest absolute Gasteiger partial charge is 0.267 e. The number of anilines is 2. The fourth-order valence-electron chi connectivity index (χ4n) is 4.49. The summed E-state index contributed by atoms with van der Waals surface area (Å²) < 4.78 is 61.3. The molecular weight excluding hydrogens is 550 g/mol. The van der Waals surface area contributed by atoms with Crippen LogP contribution in [0.3, 0.4) is 0 Å². The van der Waals surface area contributed by atoms with E-state index in [2.05, 4.69) is 5.32 Å². The molecule has 0 aliphatic carbocycles. The third-order valence-electron chi connectivity index (χ3n) is 6.50. The van der Waals surface area contributed by atoms with Crippen LogP contribution >= 0.6 is 11.6 Å². The van der Waals surface area contributed by atoms with Gasteiger partial charge < -0.3 is 10.1 Å². The van der Waals surface area contributed by atoms with Crippen LogP contribution < -0.4 is 14.4 Å². The first-order chi connectivity index (χ1) is 18.2. The Morgan fingerprint density at radius 1 is 0.816 bits per heavy atom. The minimum atomic E-state index is -4.02. The topological polar surface area (TPSA) is 113 Å². The number of amides is 1. The second-order valence-electron chi connectivity index (χ2n) is 9.04. The van der Waals surface area contributed by atoms with Crippen LogP contribution in [0.25, 0.3) is 0 Å². The zero-order chi connectivity index (χ0) is 26.9. The van der Waals surface area contributed by atoms with Crippen LogP contribution in [0.15, 0.2) is 82.6 Å². The molecule has 0 aromatic heterocycles. The van der Waals surface area contributed by atoms with E-state index in [9.17, 15) is 21.6 Å². The van der Waals surface area contributed by atoms with Crippen molar-refractivity contribution in [3.8, 4) is 5.75 Å². The van der Waals surface area contributed by atoms with Crippen molar-refractivity contribution in [1.29, 1.82) is 0 Å². The number of hydrogen-bond acceptors (Lipinski definition) is 6. The van der Waals surface area contributed by atoms with E-state index in [4.69, 9.17) is 16.3 Å². The monoisotopic (exact) mass is 575 g/mol. The van der Waals surface area contributed by atoms with Gasteiger partial charge in [0.2, 0.25) is 10.0 Å². The van der Waals surface area contributed by atoms with E-state index in [0.29, 0.717) is 29.5 Å². The van der Waals surface area contributed by atoms with Gasteiger partial charge in [0.1, 0.15) is 5.75 Å². The van der Waals surface area contributed by atoms with Crippen molar-refractivity contribution >= 4 is 48.9 Å². The number of rotatable bonds is 6. The molecule has 5 rings (SSSR count). The molecule has 1 saturated heterocycles. The Labute approximate surface area is 227 Å². The van der Waals surface area contributed by atoms with E-state index in [1.165, 1.54) is 52.8 Å². The molecule has 2 aliphatic heterocycles. The first kappa shape index (κ1) is 26.5. The maximum atomic E-state index is 13.5. The van der Waals surface area contributed by atoms with Gasteiger partial charge in [-0.05, 0) is 73.5 Å². The van der Waals surface area contributed by atoms with Gasteiger partial charge in [-0.15, -0.1) is 0 Å². The summed E-state index contributed by atoms with van der Waals surface area (Å²) in [4.78, 5) is 13.3. The highest BCUT2D eigenvalue weighted by Crippen LogP contribution is 2.37. The second kappa shape index (κ2) is 10.6. The molecule has 0 spiro atoms. The molecule has 0 bridgehead atoms. The van der Waals surface area contributed by atoms with Gasteiger partial charge in [0.15, 0.2) is 6.10 Å². The lowest BCUT2D eigenvalue weighted by molar-refractivity contribution is -0.122. The predicted octanol–water partition coefficient (Wildman–Crippen LogP) is 4.11. The van der Waals surface area contributed by atoms with Gasteiger partial charge in [-0.1, -0.05) is 30.2 Å². The Morgan fingerprint density at radius 2 is 1.42 bits per heavy atom. The molecule has 1 fully saturated rings. The van der Waals surface area contributed by atoms with Gasteiger partial charge in [-0.25, -0.2) is 16.8 Å². The molecule has 9 nitrogen and oxygen atoms in total. The first-order valence-corrected chi connectivity index (χ1v) is 15.4. The minimum absolute atomic E-state index is 0.0308. The number of para-hydroxylation sites is 2. The molecule has 1 amide bonds. The molecule has 1 N–H and O–H groups in total. The molecular formula is C26H26ClN3O6S2. The highest BCUT2D eigenvalue weighted by Gasteiger charge is 2.37. The van der Waals surface area contributed by atoms with Crippen molar-refractivity contribution < 1.29 is 26.4 Å². The van der Waals surface area contributed by atoms with Crippen molar-refractivity contribution in [2.75, 3.05) is 29.3 Å². The number of nitrogens with one attached hydrogen (secondary N) is 1. The molecule has 12 heteroatoms. The number of hydrogen-bond donors (Lipinski definition) is 1. The number of benzene rings is 3. The van der Waals surface area contributed by atoms with Crippen molar-refractivity contribution in [1.82, 2.24) is 4.31 Å². The summed E-state index contributed by atoms with van der Waals surface area (Å²) in [7, 11) is -7.62. The fourth-order valence-corrected chi connectivity index (χ4v) is 7.61. The maximum Gasteiger partial charge on any atom is 0.267 e. The van der Waals surface area contributed by atoms with Crippen molar-refractivity contribution in [3.63, 3.8) is 0 Å². The van der Waals surface area contributed by atoms with Crippen LogP contribution in [0, 0.1) is 0 Å². The highest BCUT2D eigenvalue weighted by molar-refractivity contribution is 7.92. The molecule has 0 saturated carbocycles. The van der Waals surface area contributed by atoms with Crippen molar-refractivity contribution in [3.05, 3.63) is 77.8 Å². The van der Waals surface area contributed by atoms with Gasteiger partial charge >= 0.3 is 0 Å². The van der Waals surface area contributed by atoms with Crippen molar-refractivity contribution in [2.45, 2.75) is 35.2 Å². The van der Waals surface area contributed by atoms with E-state index in [-0.39, 0.29) is 22.1 Å². The zero-order valence-corrected chi connectivity index (χ0v) is 22.7. The third kappa shape index (κ3) is 5.24. The molecule has 2 aliphatic rings. The standard InChI is InChI=1S/C26H26ClN3O6S2/c27-19-8-12-22(13-9-19)38(34,35)30-18-25(36-24-7-3-2-6-23(24)30)26(31)28-20-10-14-21(15-11-20)37(32,33)29-16-4-1-5-17-29/h2-3,6-15,25H,1,4-5,16-18H2,(H,28,31)/t25-/m1/s1. The van der Waals surface area contributed by atoms with E-state index >= 15 is 0 Å². The molecule has 3 aromatic rings. The maximum absolute atomic E-state index is 13.5. The Kier molecular flexibility index (Phi) is 7.36. The number of carbonyl (C=O) groups is 1. The summed E-state index contributed by atoms with van der Waals surface area (Å²) >= 11 is 5.93. The Hall–Kier alpha value is -3.12. The van der Waals surface area contributed by atoms with Gasteiger partial charge in [-0.3, -0.25) is 9.10 Å². The summed E-state index contributed by atoms with van der Waals surface area (Å²) in [6.45, 7) is 0.739. The van der Waals surface area contributed by atoms with Crippen LogP contribution in [0.1, 0.15) is 19.3 Å². The Morgan fingerprint density at radius 3 is 2.11 bits per heavy atom. The minimum Gasteiger partial charge on any atom is -0.476 e. The SMILES string of the molecule is O=C(Nc1ccc(S(=O)(=O)N2CCCCC2)cc1)[C@H]1CN(S(=O)(=O)c2ccc(Cl)cc2)c2ccccc2O1. The molecule has 0 radical (unpaired) electrons. The van der Waals surface area contributed by atoms with E-state index in [0.717, 1.165) is 23.6 Å². The fraction of sp³-hybridized carbons (Fsp3) is 0.269. The van der Waals surface area contributed by atoms with E-state index in [1.807, 2.05) is 0 Å². The lowest BCUT2D eigenvalue weighted by Gasteiger charge is -2.34. The molecule has 2 heterocycles. The molecule has 200 valence electrons.